The first-order chi connectivity index (χ1) is 10.2. The van der Waals surface area contributed by atoms with E-state index in [1.807, 2.05) is 24.3 Å². The second kappa shape index (κ2) is 4.46. The van der Waals surface area contributed by atoms with E-state index >= 15 is 0 Å². The fraction of sp³-hybridized carbons (Fsp3) is 0. The van der Waals surface area contributed by atoms with Crippen molar-refractivity contribution >= 4 is 40.4 Å². The van der Waals surface area contributed by atoms with Crippen LogP contribution < -0.4 is 4.90 Å². The largest absolute Gasteiger partial charge is 0.465 e. The highest BCUT2D eigenvalue weighted by molar-refractivity contribution is 8.15. The number of amides is 1. The number of amidine groups is 2. The highest BCUT2D eigenvalue weighted by Gasteiger charge is 2.37. The van der Waals surface area contributed by atoms with Crippen LogP contribution in [-0.2, 0) is 4.79 Å². The minimum Gasteiger partial charge on any atom is -0.465 e. The SMILES string of the molecule is N=C1C(=Cc2ccco2)C(=O)N=C2Sc3ccccc3N12. The summed E-state index contributed by atoms with van der Waals surface area (Å²) in [5.41, 5.74) is 1.11. The van der Waals surface area contributed by atoms with E-state index in [9.17, 15) is 4.79 Å². The van der Waals surface area contributed by atoms with E-state index < -0.39 is 5.91 Å². The smallest absolute Gasteiger partial charge is 0.283 e. The first kappa shape index (κ1) is 12.2. The summed E-state index contributed by atoms with van der Waals surface area (Å²) in [6, 6.07) is 11.2. The van der Waals surface area contributed by atoms with Gasteiger partial charge in [-0.3, -0.25) is 15.1 Å². The summed E-state index contributed by atoms with van der Waals surface area (Å²) in [6.07, 6.45) is 3.08. The van der Waals surface area contributed by atoms with Crippen LogP contribution in [0.3, 0.4) is 0 Å². The molecule has 0 bridgehead atoms. The predicted molar refractivity (Wildman–Crippen MR) is 81.6 cm³/mol. The highest BCUT2D eigenvalue weighted by Crippen LogP contribution is 2.42. The number of hydrogen-bond donors (Lipinski definition) is 1. The molecule has 5 nitrogen and oxygen atoms in total. The van der Waals surface area contributed by atoms with E-state index in [0.717, 1.165) is 10.6 Å². The number of furan rings is 1. The van der Waals surface area contributed by atoms with Gasteiger partial charge < -0.3 is 4.42 Å². The normalized spacial score (nSPS) is 18.8. The summed E-state index contributed by atoms with van der Waals surface area (Å²) in [7, 11) is 0. The highest BCUT2D eigenvalue weighted by atomic mass is 32.2. The predicted octanol–water partition coefficient (Wildman–Crippen LogP) is 3.15. The van der Waals surface area contributed by atoms with Crippen LogP contribution in [-0.4, -0.2) is 16.9 Å². The average molecular weight is 295 g/mol. The Bertz CT molecular complexity index is 821. The van der Waals surface area contributed by atoms with Crippen molar-refractivity contribution < 1.29 is 9.21 Å². The monoisotopic (exact) mass is 295 g/mol. The van der Waals surface area contributed by atoms with Crippen LogP contribution in [0.2, 0.25) is 0 Å². The van der Waals surface area contributed by atoms with Gasteiger partial charge in [-0.15, -0.1) is 0 Å². The first-order valence-electron chi connectivity index (χ1n) is 6.28. The zero-order valence-corrected chi connectivity index (χ0v) is 11.6. The van der Waals surface area contributed by atoms with E-state index in [1.165, 1.54) is 18.0 Å². The molecule has 0 saturated heterocycles. The molecular weight excluding hydrogens is 286 g/mol. The number of rotatable bonds is 1. The van der Waals surface area contributed by atoms with E-state index in [4.69, 9.17) is 9.83 Å². The Balaban J connectivity index is 1.83. The van der Waals surface area contributed by atoms with Gasteiger partial charge in [0.05, 0.1) is 17.5 Å². The lowest BCUT2D eigenvalue weighted by Gasteiger charge is -2.24. The topological polar surface area (TPSA) is 69.7 Å². The molecular formula is C15H9N3O2S. The lowest BCUT2D eigenvalue weighted by atomic mass is 10.1. The molecule has 0 unspecified atom stereocenters. The Morgan fingerprint density at radius 1 is 1.24 bits per heavy atom. The number of thioether (sulfide) groups is 1. The fourth-order valence-corrected chi connectivity index (χ4v) is 3.30. The summed E-state index contributed by atoms with van der Waals surface area (Å²) >= 11 is 1.40. The second-order valence-electron chi connectivity index (χ2n) is 4.53. The maximum atomic E-state index is 12.1. The van der Waals surface area contributed by atoms with Gasteiger partial charge in [-0.05, 0) is 42.1 Å². The van der Waals surface area contributed by atoms with Gasteiger partial charge in [-0.25, -0.2) is 0 Å². The van der Waals surface area contributed by atoms with Crippen molar-refractivity contribution in [3.63, 3.8) is 0 Å². The van der Waals surface area contributed by atoms with Crippen molar-refractivity contribution in [1.29, 1.82) is 5.41 Å². The molecule has 2 aromatic rings. The van der Waals surface area contributed by atoms with E-state index in [0.29, 0.717) is 10.9 Å². The van der Waals surface area contributed by atoms with E-state index in [2.05, 4.69) is 4.99 Å². The third kappa shape index (κ3) is 1.84. The summed E-state index contributed by atoms with van der Waals surface area (Å²) in [6.45, 7) is 0. The summed E-state index contributed by atoms with van der Waals surface area (Å²) < 4.78 is 5.22. The van der Waals surface area contributed by atoms with Gasteiger partial charge in [0, 0.05) is 4.90 Å². The quantitative estimate of drug-likeness (QED) is 0.820. The van der Waals surface area contributed by atoms with Crippen LogP contribution in [0, 0.1) is 5.41 Å². The lowest BCUT2D eigenvalue weighted by Crippen LogP contribution is -2.39. The van der Waals surface area contributed by atoms with Crippen LogP contribution >= 0.6 is 11.8 Å². The fourth-order valence-electron chi connectivity index (χ4n) is 2.28. The maximum Gasteiger partial charge on any atom is 0.283 e. The van der Waals surface area contributed by atoms with Crippen LogP contribution in [0.25, 0.3) is 6.08 Å². The van der Waals surface area contributed by atoms with E-state index in [1.54, 1.807) is 23.1 Å². The molecule has 0 aliphatic carbocycles. The Morgan fingerprint density at radius 3 is 2.90 bits per heavy atom. The van der Waals surface area contributed by atoms with Crippen molar-refractivity contribution in [2.24, 2.45) is 4.99 Å². The molecule has 1 aromatic carbocycles. The Hall–Kier alpha value is -2.60. The van der Waals surface area contributed by atoms with Gasteiger partial charge >= 0.3 is 0 Å². The molecule has 1 amide bonds. The summed E-state index contributed by atoms with van der Waals surface area (Å²) in [4.78, 5) is 18.9. The van der Waals surface area contributed by atoms with Crippen LogP contribution in [0.4, 0.5) is 5.69 Å². The molecule has 6 heteroatoms. The molecule has 2 aliphatic rings. The summed E-state index contributed by atoms with van der Waals surface area (Å²) in [5.74, 6) is 0.240. The molecule has 4 rings (SSSR count). The van der Waals surface area contributed by atoms with Crippen molar-refractivity contribution in [3.8, 4) is 0 Å². The molecule has 0 spiro atoms. The number of aliphatic imine (C=N–C) groups is 1. The molecule has 3 heterocycles. The molecule has 0 saturated carbocycles. The Labute approximate surface area is 124 Å². The van der Waals surface area contributed by atoms with Gasteiger partial charge in [0.25, 0.3) is 5.91 Å². The number of hydrogen-bond acceptors (Lipinski definition) is 4. The number of carbonyl (C=O) groups is 1. The third-order valence-corrected chi connectivity index (χ3v) is 4.26. The standard InChI is InChI=1S/C15H9N3O2S/c16-13-10(8-9-4-3-7-20-9)14(19)17-15-18(13)11-5-1-2-6-12(11)21-15/h1-8,16H. The zero-order valence-electron chi connectivity index (χ0n) is 10.7. The molecule has 2 aliphatic heterocycles. The number of para-hydroxylation sites is 1. The number of carbonyl (C=O) groups excluding carboxylic acids is 1. The molecule has 1 N–H and O–H groups in total. The molecule has 0 atom stereocenters. The number of anilines is 1. The average Bonchev–Trinajstić information content (AvgIpc) is 3.10. The lowest BCUT2D eigenvalue weighted by molar-refractivity contribution is -0.113. The molecule has 102 valence electrons. The number of nitrogens with zero attached hydrogens (tertiary/aromatic N) is 2. The number of fused-ring (bicyclic) bond motifs is 3. The van der Waals surface area contributed by atoms with Gasteiger partial charge in [0.1, 0.15) is 11.6 Å². The van der Waals surface area contributed by atoms with Crippen LogP contribution in [0.5, 0.6) is 0 Å². The van der Waals surface area contributed by atoms with Crippen LogP contribution in [0.1, 0.15) is 5.76 Å². The van der Waals surface area contributed by atoms with Gasteiger partial charge in [0.2, 0.25) is 0 Å². The van der Waals surface area contributed by atoms with Crippen molar-refractivity contribution in [2.45, 2.75) is 4.90 Å². The van der Waals surface area contributed by atoms with Crippen molar-refractivity contribution in [3.05, 3.63) is 54.0 Å². The maximum absolute atomic E-state index is 12.1. The van der Waals surface area contributed by atoms with Gasteiger partial charge in [-0.2, -0.15) is 4.99 Å². The molecule has 1 aromatic heterocycles. The number of nitrogens with one attached hydrogen (secondary N) is 1. The Morgan fingerprint density at radius 2 is 2.10 bits per heavy atom. The van der Waals surface area contributed by atoms with Crippen LogP contribution in [0.15, 0.2) is 62.5 Å². The zero-order chi connectivity index (χ0) is 14.4. The van der Waals surface area contributed by atoms with E-state index in [-0.39, 0.29) is 11.4 Å². The summed E-state index contributed by atoms with van der Waals surface area (Å²) in [5, 5.41) is 8.87. The number of benzene rings is 1. The van der Waals surface area contributed by atoms with Gasteiger partial charge in [-0.1, -0.05) is 12.1 Å². The third-order valence-electron chi connectivity index (χ3n) is 3.23. The van der Waals surface area contributed by atoms with Gasteiger partial charge in [0.15, 0.2) is 5.17 Å². The van der Waals surface area contributed by atoms with Crippen molar-refractivity contribution in [1.82, 2.24) is 0 Å². The molecule has 0 fully saturated rings. The minimum absolute atomic E-state index is 0.124. The molecule has 0 radical (unpaired) electrons. The second-order valence-corrected chi connectivity index (χ2v) is 5.54. The first-order valence-corrected chi connectivity index (χ1v) is 7.10. The minimum atomic E-state index is -0.414. The molecule has 21 heavy (non-hydrogen) atoms. The van der Waals surface area contributed by atoms with Crippen molar-refractivity contribution in [2.75, 3.05) is 4.90 Å². The Kier molecular flexibility index (Phi) is 2.58.